The van der Waals surface area contributed by atoms with E-state index in [9.17, 15) is 0 Å². The summed E-state index contributed by atoms with van der Waals surface area (Å²) in [5.74, 6) is 1.60. The third-order valence-corrected chi connectivity index (χ3v) is 5.77. The lowest BCUT2D eigenvalue weighted by atomic mass is 9.97. The largest absolute Gasteiger partial charge is 0.356 e. The molecule has 0 amide bonds. The lowest BCUT2D eigenvalue weighted by Gasteiger charge is -2.35. The van der Waals surface area contributed by atoms with E-state index < -0.39 is 0 Å². The van der Waals surface area contributed by atoms with Crippen molar-refractivity contribution in [3.8, 4) is 0 Å². The highest BCUT2D eigenvalue weighted by Gasteiger charge is 2.21. The molecule has 4 nitrogen and oxygen atoms in total. The van der Waals surface area contributed by atoms with Crippen molar-refractivity contribution in [3.05, 3.63) is 29.3 Å². The fourth-order valence-corrected chi connectivity index (χ4v) is 4.08. The number of hydrogen-bond donors (Lipinski definition) is 2. The molecule has 1 fully saturated rings. The topological polar surface area (TPSA) is 39.7 Å². The monoisotopic (exact) mass is 362 g/mol. The van der Waals surface area contributed by atoms with E-state index in [1.54, 1.807) is 11.8 Å². The molecular weight excluding hydrogens is 328 g/mol. The maximum Gasteiger partial charge on any atom is 0.191 e. The Bertz CT molecular complexity index is 571. The van der Waals surface area contributed by atoms with Crippen LogP contribution in [-0.4, -0.2) is 49.8 Å². The van der Waals surface area contributed by atoms with Crippen LogP contribution in [0.15, 0.2) is 28.1 Å². The number of guanidine groups is 1. The van der Waals surface area contributed by atoms with Gasteiger partial charge in [0.1, 0.15) is 0 Å². The first kappa shape index (κ1) is 20.1. The number of aryl methyl sites for hydroxylation is 1. The fourth-order valence-electron chi connectivity index (χ4n) is 3.37. The van der Waals surface area contributed by atoms with Gasteiger partial charge >= 0.3 is 0 Å². The van der Waals surface area contributed by atoms with E-state index in [0.717, 1.165) is 19.0 Å². The van der Waals surface area contributed by atoms with Gasteiger partial charge in [0.25, 0.3) is 0 Å². The van der Waals surface area contributed by atoms with Gasteiger partial charge in [-0.2, -0.15) is 0 Å². The molecule has 25 heavy (non-hydrogen) atoms. The Morgan fingerprint density at radius 1 is 1.36 bits per heavy atom. The molecule has 140 valence electrons. The van der Waals surface area contributed by atoms with Crippen LogP contribution in [0.4, 0.5) is 0 Å². The maximum absolute atomic E-state index is 4.39. The highest BCUT2D eigenvalue weighted by molar-refractivity contribution is 7.98. The van der Waals surface area contributed by atoms with E-state index in [1.165, 1.54) is 42.0 Å². The Balaban J connectivity index is 1.83. The van der Waals surface area contributed by atoms with Gasteiger partial charge in [0.15, 0.2) is 5.96 Å². The summed E-state index contributed by atoms with van der Waals surface area (Å²) in [5.41, 5.74) is 2.63. The molecule has 0 saturated carbocycles. The van der Waals surface area contributed by atoms with E-state index >= 15 is 0 Å². The molecule has 1 aliphatic heterocycles. The predicted molar refractivity (Wildman–Crippen MR) is 111 cm³/mol. The Morgan fingerprint density at radius 3 is 2.84 bits per heavy atom. The third kappa shape index (κ3) is 6.23. The molecule has 2 N–H and O–H groups in total. The summed E-state index contributed by atoms with van der Waals surface area (Å²) in [6, 6.07) is 7.28. The van der Waals surface area contributed by atoms with Gasteiger partial charge in [-0.15, -0.1) is 11.8 Å². The Morgan fingerprint density at radius 2 is 2.16 bits per heavy atom. The fraction of sp³-hybridized carbons (Fsp3) is 0.650. The van der Waals surface area contributed by atoms with Crippen LogP contribution in [0.25, 0.3) is 0 Å². The second-order valence-corrected chi connectivity index (χ2v) is 8.07. The number of thioether (sulfide) groups is 1. The number of benzene rings is 1. The molecule has 0 bridgehead atoms. The summed E-state index contributed by atoms with van der Waals surface area (Å²) < 4.78 is 0. The molecule has 0 aliphatic carbocycles. The van der Waals surface area contributed by atoms with E-state index in [0.29, 0.717) is 12.0 Å². The van der Waals surface area contributed by atoms with Crippen molar-refractivity contribution in [2.24, 2.45) is 10.9 Å². The minimum Gasteiger partial charge on any atom is -0.356 e. The molecule has 1 aliphatic rings. The quantitative estimate of drug-likeness (QED) is 0.462. The van der Waals surface area contributed by atoms with Crippen molar-refractivity contribution in [3.63, 3.8) is 0 Å². The highest BCUT2D eigenvalue weighted by atomic mass is 32.2. The van der Waals surface area contributed by atoms with Crippen molar-refractivity contribution in [1.29, 1.82) is 0 Å². The second kappa shape index (κ2) is 10.1. The smallest absolute Gasteiger partial charge is 0.191 e. The summed E-state index contributed by atoms with van der Waals surface area (Å²) >= 11 is 1.80. The second-order valence-electron chi connectivity index (χ2n) is 7.22. The van der Waals surface area contributed by atoms with Gasteiger partial charge in [0.05, 0.1) is 0 Å². The van der Waals surface area contributed by atoms with E-state index in [-0.39, 0.29) is 0 Å². The van der Waals surface area contributed by atoms with Crippen molar-refractivity contribution < 1.29 is 0 Å². The average molecular weight is 363 g/mol. The third-order valence-electron chi connectivity index (χ3n) is 4.95. The molecule has 1 aromatic rings. The molecule has 0 radical (unpaired) electrons. The van der Waals surface area contributed by atoms with Crippen LogP contribution in [0.1, 0.15) is 37.8 Å². The molecule has 0 aromatic heterocycles. The standard InChI is InChI=1S/C20H34N4S/c1-15(2)24-10-6-7-17(14-24)12-22-20(21-4)23-13-18-9-8-16(3)11-19(18)25-5/h8-9,11,15,17H,6-7,10,12-14H2,1-5H3,(H2,21,22,23). The van der Waals surface area contributed by atoms with Crippen LogP contribution in [-0.2, 0) is 6.54 Å². The number of aliphatic imine (C=N–C) groups is 1. The summed E-state index contributed by atoms with van der Waals surface area (Å²) in [6.07, 6.45) is 4.74. The van der Waals surface area contributed by atoms with Crippen molar-refractivity contribution >= 4 is 17.7 Å². The molecule has 0 spiro atoms. The van der Waals surface area contributed by atoms with Crippen LogP contribution < -0.4 is 10.6 Å². The molecule has 1 unspecified atom stereocenters. The average Bonchev–Trinajstić information content (AvgIpc) is 2.62. The minimum absolute atomic E-state index is 0.645. The molecule has 2 rings (SSSR count). The summed E-state index contributed by atoms with van der Waals surface area (Å²) in [4.78, 5) is 8.31. The summed E-state index contributed by atoms with van der Waals surface area (Å²) in [6.45, 7) is 11.0. The number of piperidine rings is 1. The highest BCUT2D eigenvalue weighted by Crippen LogP contribution is 2.21. The number of nitrogens with zero attached hydrogens (tertiary/aromatic N) is 2. The Labute approximate surface area is 157 Å². The van der Waals surface area contributed by atoms with Gasteiger partial charge in [-0.25, -0.2) is 0 Å². The lowest BCUT2D eigenvalue weighted by molar-refractivity contribution is 0.141. The minimum atomic E-state index is 0.645. The van der Waals surface area contributed by atoms with Gasteiger partial charge < -0.3 is 15.5 Å². The molecular formula is C20H34N4S. The SMILES string of the molecule is CN=C(NCc1ccc(C)cc1SC)NCC1CCCN(C(C)C)C1. The van der Waals surface area contributed by atoms with Crippen molar-refractivity contribution in [1.82, 2.24) is 15.5 Å². The Hall–Kier alpha value is -1.20. The number of nitrogens with one attached hydrogen (secondary N) is 2. The summed E-state index contributed by atoms with van der Waals surface area (Å²) in [7, 11) is 1.85. The molecule has 5 heteroatoms. The zero-order chi connectivity index (χ0) is 18.2. The summed E-state index contributed by atoms with van der Waals surface area (Å²) in [5, 5.41) is 6.99. The van der Waals surface area contributed by atoms with E-state index in [2.05, 4.69) is 65.8 Å². The van der Waals surface area contributed by atoms with Gasteiger partial charge in [-0.3, -0.25) is 4.99 Å². The number of rotatable bonds is 6. The zero-order valence-electron chi connectivity index (χ0n) is 16.4. The first-order chi connectivity index (χ1) is 12.0. The van der Waals surface area contributed by atoms with Crippen LogP contribution in [0, 0.1) is 12.8 Å². The van der Waals surface area contributed by atoms with Gasteiger partial charge in [-0.05, 0) is 69.5 Å². The lowest BCUT2D eigenvalue weighted by Crippen LogP contribution is -2.46. The Kier molecular flexibility index (Phi) is 8.10. The molecule has 1 heterocycles. The normalized spacial score (nSPS) is 19.3. The van der Waals surface area contributed by atoms with Crippen LogP contribution in [0.5, 0.6) is 0 Å². The van der Waals surface area contributed by atoms with Gasteiger partial charge in [-0.1, -0.05) is 12.1 Å². The number of likely N-dealkylation sites (tertiary alicyclic amines) is 1. The van der Waals surface area contributed by atoms with Gasteiger partial charge in [0, 0.05) is 37.6 Å². The van der Waals surface area contributed by atoms with Crippen molar-refractivity contribution in [2.75, 3.05) is 32.9 Å². The van der Waals surface area contributed by atoms with E-state index in [1.807, 2.05) is 7.05 Å². The molecule has 1 atom stereocenters. The maximum atomic E-state index is 4.39. The van der Waals surface area contributed by atoms with Crippen LogP contribution in [0.2, 0.25) is 0 Å². The molecule has 1 saturated heterocycles. The van der Waals surface area contributed by atoms with Crippen LogP contribution in [0.3, 0.4) is 0 Å². The first-order valence-corrected chi connectivity index (χ1v) is 10.6. The number of hydrogen-bond acceptors (Lipinski definition) is 3. The van der Waals surface area contributed by atoms with Gasteiger partial charge in [0.2, 0.25) is 0 Å². The van der Waals surface area contributed by atoms with E-state index in [4.69, 9.17) is 0 Å². The van der Waals surface area contributed by atoms with Crippen LogP contribution >= 0.6 is 11.8 Å². The first-order valence-electron chi connectivity index (χ1n) is 9.35. The molecule has 1 aromatic carbocycles. The van der Waals surface area contributed by atoms with Crippen molar-refractivity contribution in [2.45, 2.75) is 51.1 Å². The zero-order valence-corrected chi connectivity index (χ0v) is 17.2. The predicted octanol–water partition coefficient (Wildman–Crippen LogP) is 3.50.